The Kier molecular flexibility index (Phi) is 12.6. The fourth-order valence-electron chi connectivity index (χ4n) is 2.86. The van der Waals surface area contributed by atoms with E-state index in [4.69, 9.17) is 10.5 Å². The number of nitrogens with zero attached hydrogens (tertiary/aromatic N) is 1. The summed E-state index contributed by atoms with van der Waals surface area (Å²) in [5, 5.41) is 3.02. The summed E-state index contributed by atoms with van der Waals surface area (Å²) in [6.45, 7) is 12.6. The summed E-state index contributed by atoms with van der Waals surface area (Å²) in [5.41, 5.74) is 5.72. The molecule has 4 unspecified atom stereocenters. The molecule has 0 aromatic heterocycles. The van der Waals surface area contributed by atoms with Crippen molar-refractivity contribution < 1.29 is 9.53 Å². The van der Waals surface area contributed by atoms with Gasteiger partial charge in [-0.3, -0.25) is 9.69 Å². The zero-order valence-electron chi connectivity index (χ0n) is 14.4. The summed E-state index contributed by atoms with van der Waals surface area (Å²) < 4.78 is 5.75. The number of carbonyl (C=O) groups is 1. The summed E-state index contributed by atoms with van der Waals surface area (Å²) in [4.78, 5) is 14.7. The molecule has 1 aliphatic rings. The van der Waals surface area contributed by atoms with Crippen molar-refractivity contribution in [2.45, 2.75) is 65.3 Å². The monoisotopic (exact) mass is 357 g/mol. The summed E-state index contributed by atoms with van der Waals surface area (Å²) in [5.74, 6) is 0.393. The molecule has 134 valence electrons. The third-order valence-corrected chi connectivity index (χ3v) is 3.64. The van der Waals surface area contributed by atoms with Crippen LogP contribution < -0.4 is 11.1 Å². The van der Waals surface area contributed by atoms with Gasteiger partial charge in [0.1, 0.15) is 0 Å². The number of hydrogen-bond donors (Lipinski definition) is 2. The van der Waals surface area contributed by atoms with Crippen LogP contribution in [0.2, 0.25) is 0 Å². The Morgan fingerprint density at radius 3 is 2.14 bits per heavy atom. The van der Waals surface area contributed by atoms with Crippen LogP contribution in [0.5, 0.6) is 0 Å². The minimum atomic E-state index is -0.0862. The second-order valence-corrected chi connectivity index (χ2v) is 6.46. The summed E-state index contributed by atoms with van der Waals surface area (Å²) in [7, 11) is 0. The van der Waals surface area contributed by atoms with Crippen molar-refractivity contribution in [3.05, 3.63) is 0 Å². The van der Waals surface area contributed by atoms with Crippen molar-refractivity contribution in [3.8, 4) is 0 Å². The van der Waals surface area contributed by atoms with Crippen LogP contribution in [0, 0.1) is 5.92 Å². The van der Waals surface area contributed by atoms with Crippen molar-refractivity contribution in [1.29, 1.82) is 0 Å². The number of rotatable bonds is 6. The van der Waals surface area contributed by atoms with Crippen LogP contribution in [0.15, 0.2) is 0 Å². The molecule has 7 heteroatoms. The fourth-order valence-corrected chi connectivity index (χ4v) is 2.86. The highest BCUT2D eigenvalue weighted by atomic mass is 35.5. The molecule has 22 heavy (non-hydrogen) atoms. The summed E-state index contributed by atoms with van der Waals surface area (Å²) in [6, 6.07) is 0.0353. The largest absolute Gasteiger partial charge is 0.373 e. The molecule has 1 aliphatic heterocycles. The second kappa shape index (κ2) is 11.5. The maximum absolute atomic E-state index is 12.4. The molecule has 0 spiro atoms. The van der Waals surface area contributed by atoms with E-state index >= 15 is 0 Å². The molecule has 5 nitrogen and oxygen atoms in total. The Morgan fingerprint density at radius 2 is 1.73 bits per heavy atom. The zero-order chi connectivity index (χ0) is 15.3. The number of hydrogen-bond acceptors (Lipinski definition) is 4. The van der Waals surface area contributed by atoms with Gasteiger partial charge in [-0.05, 0) is 33.1 Å². The maximum Gasteiger partial charge on any atom is 0.237 e. The van der Waals surface area contributed by atoms with Gasteiger partial charge in [-0.15, -0.1) is 24.8 Å². The molecule has 0 aromatic rings. The lowest BCUT2D eigenvalue weighted by Gasteiger charge is -2.41. The third kappa shape index (κ3) is 7.97. The van der Waals surface area contributed by atoms with E-state index in [1.165, 1.54) is 0 Å². The zero-order valence-corrected chi connectivity index (χ0v) is 16.0. The molecule has 1 rings (SSSR count). The van der Waals surface area contributed by atoms with Gasteiger partial charge in [-0.1, -0.05) is 13.8 Å². The standard InChI is InChI=1S/C15H31N3O2.2ClH/c1-10(2)14(15(19)17-7-6-11(3)16)18-8-12(4)20-13(5)9-18;;/h10-14H,6-9,16H2,1-5H3,(H,17,19);2*1H. The first kappa shape index (κ1) is 24.2. The molecule has 0 radical (unpaired) electrons. The van der Waals surface area contributed by atoms with E-state index < -0.39 is 0 Å². The molecule has 3 N–H and O–H groups in total. The Morgan fingerprint density at radius 1 is 1.23 bits per heavy atom. The van der Waals surface area contributed by atoms with Crippen molar-refractivity contribution in [1.82, 2.24) is 10.2 Å². The number of halogens is 2. The lowest BCUT2D eigenvalue weighted by molar-refractivity contribution is -0.135. The van der Waals surface area contributed by atoms with Gasteiger partial charge in [0, 0.05) is 25.7 Å². The van der Waals surface area contributed by atoms with Gasteiger partial charge in [0.15, 0.2) is 0 Å². The number of nitrogens with two attached hydrogens (primary N) is 1. The van der Waals surface area contributed by atoms with Crippen LogP contribution in [-0.4, -0.2) is 54.7 Å². The van der Waals surface area contributed by atoms with E-state index in [2.05, 4.69) is 37.9 Å². The highest BCUT2D eigenvalue weighted by Gasteiger charge is 2.33. The van der Waals surface area contributed by atoms with E-state index in [0.717, 1.165) is 19.5 Å². The molecule has 0 bridgehead atoms. The highest BCUT2D eigenvalue weighted by Crippen LogP contribution is 2.18. The summed E-state index contributed by atoms with van der Waals surface area (Å²) in [6.07, 6.45) is 1.17. The molecular formula is C15H33Cl2N3O2. The quantitative estimate of drug-likeness (QED) is 0.760. The average Bonchev–Trinajstić information content (AvgIpc) is 2.26. The smallest absolute Gasteiger partial charge is 0.237 e. The van der Waals surface area contributed by atoms with E-state index in [1.54, 1.807) is 0 Å². The third-order valence-electron chi connectivity index (χ3n) is 3.64. The van der Waals surface area contributed by atoms with Gasteiger partial charge in [0.25, 0.3) is 0 Å². The van der Waals surface area contributed by atoms with Gasteiger partial charge < -0.3 is 15.8 Å². The van der Waals surface area contributed by atoms with Crippen LogP contribution in [0.3, 0.4) is 0 Å². The molecule has 0 aliphatic carbocycles. The van der Waals surface area contributed by atoms with Crippen molar-refractivity contribution in [2.24, 2.45) is 11.7 Å². The van der Waals surface area contributed by atoms with Crippen molar-refractivity contribution in [3.63, 3.8) is 0 Å². The molecule has 1 fully saturated rings. The average molecular weight is 358 g/mol. The predicted molar refractivity (Wildman–Crippen MR) is 96.0 cm³/mol. The number of amides is 1. The molecule has 1 amide bonds. The fraction of sp³-hybridized carbons (Fsp3) is 0.933. The molecule has 1 heterocycles. The highest BCUT2D eigenvalue weighted by molar-refractivity contribution is 5.85. The number of carbonyl (C=O) groups excluding carboxylic acids is 1. The van der Waals surface area contributed by atoms with Gasteiger partial charge in [0.05, 0.1) is 18.2 Å². The second-order valence-electron chi connectivity index (χ2n) is 6.46. The van der Waals surface area contributed by atoms with E-state index in [0.29, 0.717) is 6.54 Å². The van der Waals surface area contributed by atoms with Gasteiger partial charge in [-0.25, -0.2) is 0 Å². The minimum Gasteiger partial charge on any atom is -0.373 e. The van der Waals surface area contributed by atoms with Gasteiger partial charge >= 0.3 is 0 Å². The van der Waals surface area contributed by atoms with E-state index in [9.17, 15) is 4.79 Å². The molecular weight excluding hydrogens is 325 g/mol. The van der Waals surface area contributed by atoms with Gasteiger partial charge in [-0.2, -0.15) is 0 Å². The lowest BCUT2D eigenvalue weighted by Crippen LogP contribution is -2.57. The Labute approximate surface area is 147 Å². The first-order valence-electron chi connectivity index (χ1n) is 7.74. The maximum atomic E-state index is 12.4. The lowest BCUT2D eigenvalue weighted by atomic mass is 9.99. The summed E-state index contributed by atoms with van der Waals surface area (Å²) >= 11 is 0. The number of nitrogens with one attached hydrogen (secondary N) is 1. The van der Waals surface area contributed by atoms with Crippen molar-refractivity contribution >= 4 is 30.7 Å². The number of ether oxygens (including phenoxy) is 1. The Bertz CT molecular complexity index is 307. The van der Waals surface area contributed by atoms with E-state index in [-0.39, 0.29) is 60.9 Å². The van der Waals surface area contributed by atoms with Crippen LogP contribution in [0.25, 0.3) is 0 Å². The minimum absolute atomic E-state index is 0. The van der Waals surface area contributed by atoms with Gasteiger partial charge in [0.2, 0.25) is 5.91 Å². The SMILES string of the molecule is CC(N)CCNC(=O)C(C(C)C)N1CC(C)OC(C)C1.Cl.Cl. The van der Waals surface area contributed by atoms with Crippen LogP contribution in [-0.2, 0) is 9.53 Å². The molecule has 0 saturated carbocycles. The normalized spacial score (nSPS) is 24.9. The topological polar surface area (TPSA) is 67.6 Å². The van der Waals surface area contributed by atoms with Crippen LogP contribution in [0.1, 0.15) is 41.0 Å². The van der Waals surface area contributed by atoms with Crippen LogP contribution in [0.4, 0.5) is 0 Å². The Hall–Kier alpha value is -0.0700. The predicted octanol–water partition coefficient (Wildman–Crippen LogP) is 1.82. The van der Waals surface area contributed by atoms with Crippen molar-refractivity contribution in [2.75, 3.05) is 19.6 Å². The van der Waals surface area contributed by atoms with Crippen LogP contribution >= 0.6 is 24.8 Å². The first-order valence-corrected chi connectivity index (χ1v) is 7.74. The molecule has 0 aromatic carbocycles. The Balaban J connectivity index is 0. The first-order chi connectivity index (χ1) is 9.31. The molecule has 1 saturated heterocycles. The number of morpholine rings is 1. The van der Waals surface area contributed by atoms with E-state index in [1.807, 2.05) is 6.92 Å². The molecule has 4 atom stereocenters.